The lowest BCUT2D eigenvalue weighted by Gasteiger charge is -2.23. The van der Waals surface area contributed by atoms with E-state index in [1.54, 1.807) is 6.08 Å². The van der Waals surface area contributed by atoms with Gasteiger partial charge in [-0.15, -0.1) is 0 Å². The molecule has 1 N–H and O–H groups in total. The summed E-state index contributed by atoms with van der Waals surface area (Å²) in [4.78, 5) is 17.7. The molecule has 0 atom stereocenters. The van der Waals surface area contributed by atoms with Gasteiger partial charge in [0.2, 0.25) is 20.2 Å². The lowest BCUT2D eigenvalue weighted by atomic mass is 10.1. The van der Waals surface area contributed by atoms with Crippen LogP contribution in [0.5, 0.6) is 5.75 Å². The maximum absolute atomic E-state index is 12.7. The highest BCUT2D eigenvalue weighted by atomic mass is 32.2. The van der Waals surface area contributed by atoms with Crippen molar-refractivity contribution < 1.29 is 17.9 Å². The molecule has 11 heteroatoms. The molecule has 1 aromatic heterocycles. The fourth-order valence-electron chi connectivity index (χ4n) is 3.62. The van der Waals surface area contributed by atoms with E-state index in [4.69, 9.17) is 10.1 Å². The van der Waals surface area contributed by atoms with Gasteiger partial charge < -0.3 is 9.30 Å². The van der Waals surface area contributed by atoms with Gasteiger partial charge in [-0.2, -0.15) is 9.39 Å². The Morgan fingerprint density at radius 2 is 1.97 bits per heavy atom. The molecule has 32 heavy (non-hydrogen) atoms. The standard InChI is InChI=1S/C21H21N5O4S2/c1-5-30-17-9-7-6-8-16(17)25-12(2)10-14(13(25)3)11-15-18(22)26-20(23-19(15)27)31-24-21(26)32(4,28)29/h6-11,22H,5H2,1-4H3/b15-11-,22-18?. The van der Waals surface area contributed by atoms with Crippen molar-refractivity contribution in [3.8, 4) is 11.4 Å². The summed E-state index contributed by atoms with van der Waals surface area (Å²) in [6, 6.07) is 9.56. The molecule has 0 aliphatic carbocycles. The molecule has 0 saturated heterocycles. The van der Waals surface area contributed by atoms with Crippen molar-refractivity contribution in [3.63, 3.8) is 0 Å². The first-order valence-corrected chi connectivity index (χ1v) is 12.4. The van der Waals surface area contributed by atoms with E-state index in [1.165, 1.54) is 0 Å². The molecule has 1 amide bonds. The molecule has 3 heterocycles. The van der Waals surface area contributed by atoms with E-state index in [-0.39, 0.29) is 21.7 Å². The number of aromatic nitrogens is 1. The van der Waals surface area contributed by atoms with Gasteiger partial charge in [0.25, 0.3) is 5.91 Å². The molecule has 2 aromatic rings. The predicted octanol–water partition coefficient (Wildman–Crippen LogP) is 3.11. The van der Waals surface area contributed by atoms with Crippen molar-refractivity contribution in [1.82, 2.24) is 9.47 Å². The maximum atomic E-state index is 12.7. The maximum Gasteiger partial charge on any atom is 0.283 e. The number of aryl methyl sites for hydroxylation is 1. The summed E-state index contributed by atoms with van der Waals surface area (Å²) in [6.45, 7) is 6.29. The third-order valence-electron chi connectivity index (χ3n) is 5.00. The number of hydrogen-bond acceptors (Lipinski definition) is 7. The highest BCUT2D eigenvalue weighted by Gasteiger charge is 2.41. The Labute approximate surface area is 190 Å². The van der Waals surface area contributed by atoms with E-state index in [9.17, 15) is 13.2 Å². The zero-order valence-electron chi connectivity index (χ0n) is 17.9. The molecule has 4 rings (SSSR count). The van der Waals surface area contributed by atoms with Crippen molar-refractivity contribution in [2.24, 2.45) is 9.39 Å². The third-order valence-corrected chi connectivity index (χ3v) is 6.76. The number of amidine groups is 3. The Bertz CT molecular complexity index is 1350. The molecule has 0 saturated carbocycles. The number of sulfone groups is 1. The first-order valence-electron chi connectivity index (χ1n) is 9.73. The zero-order chi connectivity index (χ0) is 23.2. The van der Waals surface area contributed by atoms with E-state index < -0.39 is 15.7 Å². The van der Waals surface area contributed by atoms with Crippen molar-refractivity contribution >= 4 is 49.9 Å². The molecule has 0 spiro atoms. The van der Waals surface area contributed by atoms with Crippen molar-refractivity contribution in [2.75, 3.05) is 12.9 Å². The molecular weight excluding hydrogens is 450 g/mol. The number of hydrogen-bond donors (Lipinski definition) is 1. The van der Waals surface area contributed by atoms with Crippen LogP contribution in [0.2, 0.25) is 0 Å². The van der Waals surface area contributed by atoms with Gasteiger partial charge in [-0.3, -0.25) is 10.2 Å². The number of carbonyl (C=O) groups excluding carboxylic acids is 1. The van der Waals surface area contributed by atoms with Crippen molar-refractivity contribution in [1.29, 1.82) is 5.41 Å². The first-order chi connectivity index (χ1) is 15.1. The molecule has 166 valence electrons. The monoisotopic (exact) mass is 471 g/mol. The van der Waals surface area contributed by atoms with Gasteiger partial charge in [-0.25, -0.2) is 13.3 Å². The van der Waals surface area contributed by atoms with Crippen LogP contribution in [0, 0.1) is 19.3 Å². The number of para-hydroxylation sites is 2. The number of rotatable bonds is 4. The molecule has 0 unspecified atom stereocenters. The van der Waals surface area contributed by atoms with Crippen LogP contribution < -0.4 is 4.74 Å². The molecule has 9 nitrogen and oxygen atoms in total. The quantitative estimate of drug-likeness (QED) is 0.541. The highest BCUT2D eigenvalue weighted by molar-refractivity contribution is 8.16. The Kier molecular flexibility index (Phi) is 5.55. The van der Waals surface area contributed by atoms with E-state index in [0.717, 1.165) is 45.9 Å². The number of aliphatic imine (C=N–C) groups is 1. The van der Waals surface area contributed by atoms with Crippen LogP contribution in [0.1, 0.15) is 23.9 Å². The summed E-state index contributed by atoms with van der Waals surface area (Å²) in [5.74, 6) is -0.151. The highest BCUT2D eigenvalue weighted by Crippen LogP contribution is 2.32. The number of nitrogens with one attached hydrogen (secondary N) is 1. The molecular formula is C21H21N5O4S2. The van der Waals surface area contributed by atoms with Gasteiger partial charge in [0.1, 0.15) is 11.6 Å². The molecule has 0 radical (unpaired) electrons. The fraction of sp³-hybridized carbons (Fsp3) is 0.238. The largest absolute Gasteiger partial charge is 0.492 e. The number of ether oxygens (including phenoxy) is 1. The van der Waals surface area contributed by atoms with Gasteiger partial charge >= 0.3 is 0 Å². The zero-order valence-corrected chi connectivity index (χ0v) is 19.5. The summed E-state index contributed by atoms with van der Waals surface area (Å²) in [6.07, 6.45) is 2.57. The number of fused-ring (bicyclic) bond motifs is 1. The van der Waals surface area contributed by atoms with Crippen LogP contribution in [0.25, 0.3) is 11.8 Å². The van der Waals surface area contributed by atoms with E-state index in [0.29, 0.717) is 12.2 Å². The van der Waals surface area contributed by atoms with Crippen LogP contribution >= 0.6 is 11.9 Å². The van der Waals surface area contributed by atoms with Crippen LogP contribution in [-0.2, 0) is 14.6 Å². The molecule has 2 aliphatic heterocycles. The predicted molar refractivity (Wildman–Crippen MR) is 126 cm³/mol. The molecule has 0 bridgehead atoms. The lowest BCUT2D eigenvalue weighted by molar-refractivity contribution is -0.114. The third kappa shape index (κ3) is 3.67. The Hall–Kier alpha value is -3.18. The van der Waals surface area contributed by atoms with E-state index in [1.807, 2.05) is 55.7 Å². The van der Waals surface area contributed by atoms with Gasteiger partial charge in [-0.05, 0) is 50.6 Å². The minimum absolute atomic E-state index is 0.00839. The minimum atomic E-state index is -3.70. The second kappa shape index (κ2) is 8.06. The van der Waals surface area contributed by atoms with E-state index >= 15 is 0 Å². The first kappa shape index (κ1) is 22.0. The average molecular weight is 472 g/mol. The summed E-state index contributed by atoms with van der Waals surface area (Å²) >= 11 is 0.768. The number of benzene rings is 1. The second-order valence-electron chi connectivity index (χ2n) is 7.24. The number of nitrogens with zero attached hydrogens (tertiary/aromatic N) is 4. The van der Waals surface area contributed by atoms with Crippen LogP contribution in [0.4, 0.5) is 0 Å². The van der Waals surface area contributed by atoms with Crippen LogP contribution in [0.3, 0.4) is 0 Å². The summed E-state index contributed by atoms with van der Waals surface area (Å²) in [5.41, 5.74) is 3.32. The van der Waals surface area contributed by atoms with Crippen molar-refractivity contribution in [3.05, 3.63) is 52.9 Å². The molecule has 1 aromatic carbocycles. The van der Waals surface area contributed by atoms with Crippen LogP contribution in [0.15, 0.2) is 45.3 Å². The average Bonchev–Trinajstić information content (AvgIpc) is 3.27. The Morgan fingerprint density at radius 3 is 2.66 bits per heavy atom. The number of carbonyl (C=O) groups is 1. The topological polar surface area (TPSA) is 117 Å². The van der Waals surface area contributed by atoms with Gasteiger partial charge in [-0.1, -0.05) is 12.1 Å². The SMILES string of the molecule is CCOc1ccccc1-n1c(C)cc(/C=C2/C(=N)N3C(=NC2=O)SN=C3S(C)(=O)=O)c1C. The second-order valence-corrected chi connectivity index (χ2v) is 9.88. The van der Waals surface area contributed by atoms with Crippen LogP contribution in [-0.4, -0.2) is 52.8 Å². The van der Waals surface area contributed by atoms with Gasteiger partial charge in [0, 0.05) is 17.6 Å². The molecule has 2 aliphatic rings. The summed E-state index contributed by atoms with van der Waals surface area (Å²) in [7, 11) is -3.70. The lowest BCUT2D eigenvalue weighted by Crippen LogP contribution is -2.45. The summed E-state index contributed by atoms with van der Waals surface area (Å²) < 4.78 is 35.8. The van der Waals surface area contributed by atoms with Gasteiger partial charge in [0.05, 0.1) is 29.8 Å². The van der Waals surface area contributed by atoms with Gasteiger partial charge in [0.15, 0.2) is 0 Å². The molecule has 0 fully saturated rings. The minimum Gasteiger partial charge on any atom is -0.492 e. The number of amides is 1. The van der Waals surface area contributed by atoms with E-state index in [2.05, 4.69) is 9.39 Å². The normalized spacial score (nSPS) is 17.5. The fourth-order valence-corrected chi connectivity index (χ4v) is 5.46. The van der Waals surface area contributed by atoms with Crippen molar-refractivity contribution in [2.45, 2.75) is 20.8 Å². The Balaban J connectivity index is 1.79. The Morgan fingerprint density at radius 1 is 1.25 bits per heavy atom. The summed E-state index contributed by atoms with van der Waals surface area (Å²) in [5, 5.41) is 8.28. The smallest absolute Gasteiger partial charge is 0.283 e.